The van der Waals surface area contributed by atoms with Gasteiger partial charge in [-0.2, -0.15) is 0 Å². The molecule has 2 aromatic carbocycles. The Balaban J connectivity index is 1.80. The van der Waals surface area contributed by atoms with Gasteiger partial charge in [-0.25, -0.2) is 4.90 Å². The number of piperidine rings is 1. The number of hydrogen-bond donors (Lipinski definition) is 0. The third-order valence-corrected chi connectivity index (χ3v) is 6.36. The van der Waals surface area contributed by atoms with E-state index in [1.54, 1.807) is 42.5 Å². The van der Waals surface area contributed by atoms with Crippen LogP contribution < -0.4 is 9.64 Å². The first-order valence-electron chi connectivity index (χ1n) is 10.4. The summed E-state index contributed by atoms with van der Waals surface area (Å²) in [6.07, 6.45) is 1.86. The molecule has 0 bridgehead atoms. The van der Waals surface area contributed by atoms with E-state index in [1.807, 2.05) is 18.0 Å². The molecule has 0 unspecified atom stereocenters. The molecule has 0 spiro atoms. The van der Waals surface area contributed by atoms with Crippen LogP contribution >= 0.6 is 11.6 Å². The van der Waals surface area contributed by atoms with E-state index in [9.17, 15) is 9.59 Å². The van der Waals surface area contributed by atoms with Gasteiger partial charge in [0, 0.05) is 18.1 Å². The average molecular weight is 440 g/mol. The second-order valence-electron chi connectivity index (χ2n) is 7.99. The highest BCUT2D eigenvalue weighted by atomic mass is 35.5. The number of amides is 2. The third-order valence-electron chi connectivity index (χ3n) is 6.11. The van der Waals surface area contributed by atoms with E-state index in [0.29, 0.717) is 33.3 Å². The van der Waals surface area contributed by atoms with Crippen LogP contribution in [0.25, 0.3) is 5.57 Å². The van der Waals surface area contributed by atoms with Crippen molar-refractivity contribution in [2.45, 2.75) is 18.9 Å². The highest BCUT2D eigenvalue weighted by molar-refractivity contribution is 6.45. The number of halogens is 1. The number of anilines is 1. The van der Waals surface area contributed by atoms with Crippen LogP contribution in [0.1, 0.15) is 18.4 Å². The normalized spacial score (nSPS) is 18.1. The summed E-state index contributed by atoms with van der Waals surface area (Å²) in [5, 5.41) is 0.577. The molecule has 0 N–H and O–H groups in total. The molecule has 2 heterocycles. The molecule has 162 valence electrons. The van der Waals surface area contributed by atoms with Crippen LogP contribution in [0.4, 0.5) is 5.69 Å². The van der Waals surface area contributed by atoms with E-state index < -0.39 is 0 Å². The number of nitrogens with zero attached hydrogens (tertiary/aromatic N) is 3. The number of likely N-dealkylation sites (tertiary alicyclic amines) is 1. The summed E-state index contributed by atoms with van der Waals surface area (Å²) in [6, 6.07) is 14.3. The number of rotatable bonds is 5. The molecule has 31 heavy (non-hydrogen) atoms. The van der Waals surface area contributed by atoms with Crippen molar-refractivity contribution in [3.8, 4) is 5.75 Å². The fourth-order valence-electron chi connectivity index (χ4n) is 4.32. The Kier molecular flexibility index (Phi) is 6.03. The predicted molar refractivity (Wildman–Crippen MR) is 122 cm³/mol. The summed E-state index contributed by atoms with van der Waals surface area (Å²) in [4.78, 5) is 32.8. The minimum Gasteiger partial charge on any atom is -0.495 e. The van der Waals surface area contributed by atoms with Crippen LogP contribution in [0.5, 0.6) is 5.75 Å². The Bertz CT molecular complexity index is 1030. The Hall–Kier alpha value is -2.83. The maximum atomic E-state index is 13.7. The second kappa shape index (κ2) is 8.73. The number of methoxy groups -OCH3 is 1. The van der Waals surface area contributed by atoms with Crippen molar-refractivity contribution in [2.24, 2.45) is 0 Å². The summed E-state index contributed by atoms with van der Waals surface area (Å²) in [6.45, 7) is 1.91. The minimum absolute atomic E-state index is 0.183. The minimum atomic E-state index is -0.355. The van der Waals surface area contributed by atoms with E-state index in [0.717, 1.165) is 25.9 Å². The number of hydrogen-bond acceptors (Lipinski definition) is 5. The summed E-state index contributed by atoms with van der Waals surface area (Å²) >= 11 is 6.07. The quantitative estimate of drug-likeness (QED) is 0.665. The monoisotopic (exact) mass is 439 g/mol. The van der Waals surface area contributed by atoms with Crippen LogP contribution in [0, 0.1) is 0 Å². The van der Waals surface area contributed by atoms with Crippen molar-refractivity contribution < 1.29 is 14.3 Å². The lowest BCUT2D eigenvalue weighted by Crippen LogP contribution is -2.43. The highest BCUT2D eigenvalue weighted by Crippen LogP contribution is 2.39. The Labute approximate surface area is 187 Å². The zero-order valence-corrected chi connectivity index (χ0v) is 18.7. The standard InChI is InChI=1S/C24H26ClN3O3/c1-26-14-12-18(13-15-26)27(2)22-21(16-8-10-17(25)11-9-16)23(29)28(24(22)30)19-6-4-5-7-20(19)31-3/h4-11,18H,12-15H2,1-3H3. The molecule has 2 aromatic rings. The van der Waals surface area contributed by atoms with Crippen molar-refractivity contribution in [1.29, 1.82) is 0 Å². The van der Waals surface area contributed by atoms with E-state index in [-0.39, 0.29) is 17.9 Å². The van der Waals surface area contributed by atoms with Gasteiger partial charge in [-0.1, -0.05) is 35.9 Å². The van der Waals surface area contributed by atoms with Gasteiger partial charge < -0.3 is 14.5 Å². The first kappa shape index (κ1) is 21.4. The SMILES string of the molecule is COc1ccccc1N1C(=O)C(c2ccc(Cl)cc2)=C(N(C)C2CCN(C)CC2)C1=O. The van der Waals surface area contributed by atoms with Crippen LogP contribution in [0.2, 0.25) is 5.02 Å². The number of carbonyl (C=O) groups is 2. The molecule has 2 amide bonds. The molecule has 0 atom stereocenters. The Morgan fingerprint density at radius 2 is 1.65 bits per heavy atom. The third kappa shape index (κ3) is 3.93. The molecule has 4 rings (SSSR count). The lowest BCUT2D eigenvalue weighted by molar-refractivity contribution is -0.120. The molecule has 0 radical (unpaired) electrons. The van der Waals surface area contributed by atoms with Gasteiger partial charge in [0.05, 0.1) is 18.4 Å². The van der Waals surface area contributed by atoms with Gasteiger partial charge in [0.15, 0.2) is 0 Å². The van der Waals surface area contributed by atoms with Crippen LogP contribution in [-0.2, 0) is 9.59 Å². The van der Waals surface area contributed by atoms with Crippen LogP contribution in [0.3, 0.4) is 0 Å². The van der Waals surface area contributed by atoms with Crippen LogP contribution in [-0.4, -0.2) is 62.0 Å². The number of ether oxygens (including phenoxy) is 1. The summed E-state index contributed by atoms with van der Waals surface area (Å²) in [7, 11) is 5.55. The number of imide groups is 1. The smallest absolute Gasteiger partial charge is 0.282 e. The van der Waals surface area contributed by atoms with Gasteiger partial charge in [-0.15, -0.1) is 0 Å². The predicted octanol–water partition coefficient (Wildman–Crippen LogP) is 3.66. The molecule has 7 heteroatoms. The van der Waals surface area contributed by atoms with Gasteiger partial charge in [0.1, 0.15) is 11.4 Å². The molecule has 2 aliphatic heterocycles. The Morgan fingerprint density at radius 1 is 1.00 bits per heavy atom. The zero-order chi connectivity index (χ0) is 22.1. The number of para-hydroxylation sites is 2. The molecule has 1 fully saturated rings. The molecular formula is C24H26ClN3O3. The fraction of sp³-hybridized carbons (Fsp3) is 0.333. The first-order chi connectivity index (χ1) is 14.9. The molecule has 1 saturated heterocycles. The second-order valence-corrected chi connectivity index (χ2v) is 8.43. The molecule has 0 saturated carbocycles. The van der Waals surface area contributed by atoms with Crippen molar-refractivity contribution in [2.75, 3.05) is 39.2 Å². The van der Waals surface area contributed by atoms with Gasteiger partial charge in [-0.05, 0) is 62.8 Å². The largest absolute Gasteiger partial charge is 0.495 e. The van der Waals surface area contributed by atoms with E-state index >= 15 is 0 Å². The van der Waals surface area contributed by atoms with E-state index in [4.69, 9.17) is 16.3 Å². The Morgan fingerprint density at radius 3 is 2.29 bits per heavy atom. The highest BCUT2D eigenvalue weighted by Gasteiger charge is 2.44. The summed E-state index contributed by atoms with van der Waals surface area (Å²) < 4.78 is 5.43. The maximum Gasteiger partial charge on any atom is 0.282 e. The van der Waals surface area contributed by atoms with Gasteiger partial charge in [0.25, 0.3) is 11.8 Å². The van der Waals surface area contributed by atoms with E-state index in [1.165, 1.54) is 12.0 Å². The number of likely N-dealkylation sites (N-methyl/N-ethyl adjacent to an activating group) is 1. The average Bonchev–Trinajstić information content (AvgIpc) is 3.04. The zero-order valence-electron chi connectivity index (χ0n) is 18.0. The van der Waals surface area contributed by atoms with Crippen LogP contribution in [0.15, 0.2) is 54.2 Å². The van der Waals surface area contributed by atoms with Gasteiger partial charge >= 0.3 is 0 Å². The maximum absolute atomic E-state index is 13.7. The molecule has 0 aliphatic carbocycles. The fourth-order valence-corrected chi connectivity index (χ4v) is 4.45. The van der Waals surface area contributed by atoms with Crippen molar-refractivity contribution >= 4 is 34.7 Å². The number of benzene rings is 2. The molecular weight excluding hydrogens is 414 g/mol. The molecule has 2 aliphatic rings. The van der Waals surface area contributed by atoms with Crippen molar-refractivity contribution in [3.05, 3.63) is 64.8 Å². The topological polar surface area (TPSA) is 53.1 Å². The summed E-state index contributed by atoms with van der Waals surface area (Å²) in [5.74, 6) is -0.213. The number of carbonyl (C=O) groups excluding carboxylic acids is 2. The van der Waals surface area contributed by atoms with Crippen molar-refractivity contribution in [1.82, 2.24) is 9.80 Å². The molecule has 0 aromatic heterocycles. The van der Waals surface area contributed by atoms with E-state index in [2.05, 4.69) is 11.9 Å². The van der Waals surface area contributed by atoms with Crippen molar-refractivity contribution in [3.63, 3.8) is 0 Å². The van der Waals surface area contributed by atoms with Gasteiger partial charge in [0.2, 0.25) is 0 Å². The lowest BCUT2D eigenvalue weighted by atomic mass is 10.0. The van der Waals surface area contributed by atoms with Gasteiger partial charge in [-0.3, -0.25) is 9.59 Å². The first-order valence-corrected chi connectivity index (χ1v) is 10.7. The summed E-state index contributed by atoms with van der Waals surface area (Å²) in [5.41, 5.74) is 1.94. The molecule has 6 nitrogen and oxygen atoms in total. The lowest BCUT2D eigenvalue weighted by Gasteiger charge is -2.36.